The van der Waals surface area contributed by atoms with Crippen LogP contribution in [-0.4, -0.2) is 19.4 Å². The molecule has 1 nitrogen and oxygen atoms in total. The van der Waals surface area contributed by atoms with Crippen molar-refractivity contribution >= 4 is 0 Å². The molecule has 1 aliphatic rings. The molecule has 0 heterocycles. The van der Waals surface area contributed by atoms with Crippen molar-refractivity contribution in [3.8, 4) is 0 Å². The fourth-order valence-corrected chi connectivity index (χ4v) is 1.86. The predicted octanol–water partition coefficient (Wildman–Crippen LogP) is 2.41. The van der Waals surface area contributed by atoms with Crippen LogP contribution in [0.3, 0.4) is 0 Å². The quantitative estimate of drug-likeness (QED) is 0.572. The molecular weight excluding hydrogens is 143 g/mol. The van der Waals surface area contributed by atoms with Crippen molar-refractivity contribution in [1.82, 2.24) is 0 Å². The summed E-state index contributed by atoms with van der Waals surface area (Å²) < 4.78 is 18.3. The molecule has 0 bridgehead atoms. The molecule has 2 heteroatoms. The van der Waals surface area contributed by atoms with Crippen LogP contribution in [0.5, 0.6) is 0 Å². The third kappa shape index (κ3) is 1.73. The summed E-state index contributed by atoms with van der Waals surface area (Å²) in [5.41, 5.74) is 0. The second-order valence-corrected chi connectivity index (χ2v) is 3.63. The van der Waals surface area contributed by atoms with Crippen LogP contribution >= 0.6 is 0 Å². The van der Waals surface area contributed by atoms with Crippen molar-refractivity contribution < 1.29 is 9.13 Å². The molecule has 1 saturated carbocycles. The van der Waals surface area contributed by atoms with Gasteiger partial charge in [-0.3, -0.25) is 0 Å². The highest BCUT2D eigenvalue weighted by atomic mass is 19.1. The molecule has 1 rings (SSSR count). The van der Waals surface area contributed by atoms with Gasteiger partial charge in [-0.25, -0.2) is 4.39 Å². The topological polar surface area (TPSA) is 9.23 Å². The van der Waals surface area contributed by atoms with Gasteiger partial charge in [-0.2, -0.15) is 0 Å². The van der Waals surface area contributed by atoms with Crippen molar-refractivity contribution in [2.75, 3.05) is 7.11 Å². The fourth-order valence-electron chi connectivity index (χ4n) is 1.86. The van der Waals surface area contributed by atoms with Gasteiger partial charge < -0.3 is 4.74 Å². The fraction of sp³-hybridized carbons (Fsp3) is 1.00. The van der Waals surface area contributed by atoms with E-state index in [0.717, 1.165) is 6.42 Å². The highest BCUT2D eigenvalue weighted by Gasteiger charge is 2.34. The summed E-state index contributed by atoms with van der Waals surface area (Å²) in [6.45, 7) is 4.24. The molecule has 0 radical (unpaired) electrons. The van der Waals surface area contributed by atoms with Gasteiger partial charge in [-0.1, -0.05) is 13.8 Å². The zero-order valence-electron chi connectivity index (χ0n) is 7.51. The van der Waals surface area contributed by atoms with Crippen LogP contribution in [0.2, 0.25) is 0 Å². The molecule has 0 saturated heterocycles. The molecule has 0 amide bonds. The van der Waals surface area contributed by atoms with E-state index in [2.05, 4.69) is 13.8 Å². The summed E-state index contributed by atoms with van der Waals surface area (Å²) in [7, 11) is 1.60. The van der Waals surface area contributed by atoms with E-state index in [1.807, 2.05) is 0 Å². The molecule has 0 aliphatic heterocycles. The zero-order chi connectivity index (χ0) is 8.43. The predicted molar refractivity (Wildman–Crippen MR) is 43.3 cm³/mol. The summed E-state index contributed by atoms with van der Waals surface area (Å²) in [5.74, 6) is 0.968. The second kappa shape index (κ2) is 3.53. The summed E-state index contributed by atoms with van der Waals surface area (Å²) in [6.07, 6.45) is 0.761. The molecule has 11 heavy (non-hydrogen) atoms. The monoisotopic (exact) mass is 160 g/mol. The Kier molecular flexibility index (Phi) is 2.88. The first-order valence-corrected chi connectivity index (χ1v) is 4.33. The van der Waals surface area contributed by atoms with Gasteiger partial charge in [0.05, 0.1) is 6.10 Å². The van der Waals surface area contributed by atoms with Crippen LogP contribution in [0.25, 0.3) is 0 Å². The first-order valence-electron chi connectivity index (χ1n) is 4.33. The highest BCUT2D eigenvalue weighted by molar-refractivity contribution is 4.84. The third-order valence-corrected chi connectivity index (χ3v) is 2.94. The minimum Gasteiger partial charge on any atom is -0.378 e. The Morgan fingerprint density at radius 3 is 2.36 bits per heavy atom. The van der Waals surface area contributed by atoms with E-state index in [9.17, 15) is 4.39 Å². The van der Waals surface area contributed by atoms with Gasteiger partial charge in [-0.15, -0.1) is 0 Å². The molecule has 0 spiro atoms. The number of methoxy groups -OCH3 is 1. The maximum absolute atomic E-state index is 13.1. The van der Waals surface area contributed by atoms with Gasteiger partial charge in [0.1, 0.15) is 6.17 Å². The number of alkyl halides is 1. The van der Waals surface area contributed by atoms with Crippen LogP contribution in [0.1, 0.15) is 26.7 Å². The van der Waals surface area contributed by atoms with Gasteiger partial charge in [0.25, 0.3) is 0 Å². The van der Waals surface area contributed by atoms with E-state index in [4.69, 9.17) is 4.74 Å². The Morgan fingerprint density at radius 2 is 1.91 bits per heavy atom. The SMILES string of the molecule is CO[C@@H]1[C@H](C)[C@H](C)CC[C@@H]1F. The number of hydrogen-bond donors (Lipinski definition) is 0. The molecule has 66 valence electrons. The molecule has 0 unspecified atom stereocenters. The molecule has 1 aliphatic carbocycles. The van der Waals surface area contributed by atoms with Crippen molar-refractivity contribution in [2.24, 2.45) is 11.8 Å². The molecule has 0 aromatic carbocycles. The first-order chi connectivity index (χ1) is 5.16. The minimum atomic E-state index is -0.744. The lowest BCUT2D eigenvalue weighted by atomic mass is 9.78. The number of ether oxygens (including phenoxy) is 1. The van der Waals surface area contributed by atoms with Gasteiger partial charge in [0.2, 0.25) is 0 Å². The first kappa shape index (κ1) is 8.98. The summed E-state index contributed by atoms with van der Waals surface area (Å²) >= 11 is 0. The Labute approximate surface area is 67.9 Å². The Hall–Kier alpha value is -0.110. The van der Waals surface area contributed by atoms with Crippen LogP contribution in [-0.2, 0) is 4.74 Å². The molecular formula is C9H17FO. The smallest absolute Gasteiger partial charge is 0.126 e. The van der Waals surface area contributed by atoms with Crippen LogP contribution in [0, 0.1) is 11.8 Å². The van der Waals surface area contributed by atoms with Gasteiger partial charge >= 0.3 is 0 Å². The lowest BCUT2D eigenvalue weighted by Crippen LogP contribution is -2.39. The maximum atomic E-state index is 13.1. The van der Waals surface area contributed by atoms with E-state index in [-0.39, 0.29) is 6.10 Å². The van der Waals surface area contributed by atoms with Gasteiger partial charge in [0.15, 0.2) is 0 Å². The molecule has 0 aromatic heterocycles. The highest BCUT2D eigenvalue weighted by Crippen LogP contribution is 2.32. The molecule has 0 N–H and O–H groups in total. The van der Waals surface area contributed by atoms with Crippen molar-refractivity contribution in [2.45, 2.75) is 39.0 Å². The van der Waals surface area contributed by atoms with Gasteiger partial charge in [0, 0.05) is 7.11 Å². The summed E-state index contributed by atoms with van der Waals surface area (Å²) in [6, 6.07) is 0. The van der Waals surface area contributed by atoms with Crippen molar-refractivity contribution in [1.29, 1.82) is 0 Å². The van der Waals surface area contributed by atoms with E-state index in [0.29, 0.717) is 18.3 Å². The lowest BCUT2D eigenvalue weighted by molar-refractivity contribution is -0.0473. The van der Waals surface area contributed by atoms with E-state index in [1.54, 1.807) is 7.11 Å². The van der Waals surface area contributed by atoms with E-state index >= 15 is 0 Å². The third-order valence-electron chi connectivity index (χ3n) is 2.94. The Balaban J connectivity index is 2.55. The number of halogens is 1. The average Bonchev–Trinajstić information content (AvgIpc) is 1.99. The zero-order valence-corrected chi connectivity index (χ0v) is 7.51. The Bertz CT molecular complexity index is 127. The molecule has 4 atom stereocenters. The van der Waals surface area contributed by atoms with Gasteiger partial charge in [-0.05, 0) is 24.7 Å². The van der Waals surface area contributed by atoms with Crippen molar-refractivity contribution in [3.05, 3.63) is 0 Å². The minimum absolute atomic E-state index is 0.168. The molecule has 1 fully saturated rings. The standard InChI is InChI=1S/C9H17FO/c1-6-4-5-8(10)9(11-3)7(6)2/h6-9H,4-5H2,1-3H3/t6-,7-,8+,9-/m1/s1. The van der Waals surface area contributed by atoms with Crippen molar-refractivity contribution in [3.63, 3.8) is 0 Å². The van der Waals surface area contributed by atoms with Crippen LogP contribution < -0.4 is 0 Å². The number of rotatable bonds is 1. The maximum Gasteiger partial charge on any atom is 0.126 e. The summed E-state index contributed by atoms with van der Waals surface area (Å²) in [4.78, 5) is 0. The van der Waals surface area contributed by atoms with E-state index < -0.39 is 6.17 Å². The molecule has 0 aromatic rings. The summed E-state index contributed by atoms with van der Waals surface area (Å²) in [5, 5.41) is 0. The van der Waals surface area contributed by atoms with Crippen LogP contribution in [0.15, 0.2) is 0 Å². The Morgan fingerprint density at radius 1 is 1.27 bits per heavy atom. The lowest BCUT2D eigenvalue weighted by Gasteiger charge is -2.35. The average molecular weight is 160 g/mol. The van der Waals surface area contributed by atoms with Crippen LogP contribution in [0.4, 0.5) is 4.39 Å². The largest absolute Gasteiger partial charge is 0.378 e. The second-order valence-electron chi connectivity index (χ2n) is 3.63. The van der Waals surface area contributed by atoms with E-state index in [1.165, 1.54) is 0 Å². The number of hydrogen-bond acceptors (Lipinski definition) is 1. The normalized spacial score (nSPS) is 45.8.